The van der Waals surface area contributed by atoms with Crippen molar-refractivity contribution in [3.63, 3.8) is 0 Å². The van der Waals surface area contributed by atoms with E-state index in [0.29, 0.717) is 5.02 Å². The molecule has 112 valence electrons. The van der Waals surface area contributed by atoms with Gasteiger partial charge in [0.25, 0.3) is 0 Å². The summed E-state index contributed by atoms with van der Waals surface area (Å²) in [4.78, 5) is 0. The van der Waals surface area contributed by atoms with Crippen LogP contribution in [0.5, 0.6) is 0 Å². The molecule has 1 unspecified atom stereocenters. The number of rotatable bonds is 5. The standard InChI is InChI=1S/C17H25Cl2N/c1-12-3-5-14(6-4-12)9-10-20-13(2)16-8-7-15(18)11-17(16)19/h7-8,11-14,20H,3-6,9-10H2,1-2H3. The van der Waals surface area contributed by atoms with Gasteiger partial charge < -0.3 is 5.32 Å². The van der Waals surface area contributed by atoms with Gasteiger partial charge in [-0.3, -0.25) is 0 Å². The van der Waals surface area contributed by atoms with Crippen LogP contribution in [-0.2, 0) is 0 Å². The van der Waals surface area contributed by atoms with Gasteiger partial charge in [-0.1, -0.05) is 61.9 Å². The maximum absolute atomic E-state index is 6.24. The van der Waals surface area contributed by atoms with E-state index in [0.717, 1.165) is 29.0 Å². The first-order valence-corrected chi connectivity index (χ1v) is 8.50. The van der Waals surface area contributed by atoms with E-state index in [4.69, 9.17) is 23.2 Å². The normalized spacial score (nSPS) is 24.6. The smallest absolute Gasteiger partial charge is 0.0468 e. The van der Waals surface area contributed by atoms with Crippen LogP contribution in [0.2, 0.25) is 10.0 Å². The van der Waals surface area contributed by atoms with E-state index in [1.807, 2.05) is 18.2 Å². The van der Waals surface area contributed by atoms with Crippen LogP contribution in [0.4, 0.5) is 0 Å². The summed E-state index contributed by atoms with van der Waals surface area (Å²) in [6, 6.07) is 6.02. The Bertz CT molecular complexity index is 425. The molecule has 0 aliphatic heterocycles. The summed E-state index contributed by atoms with van der Waals surface area (Å²) in [5.41, 5.74) is 1.13. The lowest BCUT2D eigenvalue weighted by molar-refractivity contribution is 0.273. The SMILES string of the molecule is CC1CCC(CCNC(C)c2ccc(Cl)cc2Cl)CC1. The Morgan fingerprint density at radius 2 is 1.90 bits per heavy atom. The summed E-state index contributed by atoms with van der Waals surface area (Å²) >= 11 is 12.2. The molecule has 1 aliphatic rings. The minimum atomic E-state index is 0.280. The molecule has 0 heterocycles. The minimum Gasteiger partial charge on any atom is -0.310 e. The molecule has 0 aromatic heterocycles. The summed E-state index contributed by atoms with van der Waals surface area (Å²) in [6.45, 7) is 5.61. The topological polar surface area (TPSA) is 12.0 Å². The number of halogens is 2. The van der Waals surface area contributed by atoms with Crippen LogP contribution in [0.3, 0.4) is 0 Å². The maximum Gasteiger partial charge on any atom is 0.0468 e. The van der Waals surface area contributed by atoms with Gasteiger partial charge in [-0.15, -0.1) is 0 Å². The molecule has 1 nitrogen and oxygen atoms in total. The molecule has 0 spiro atoms. The molecule has 1 atom stereocenters. The first-order valence-electron chi connectivity index (χ1n) is 7.74. The fourth-order valence-corrected chi connectivity index (χ4v) is 3.66. The summed E-state index contributed by atoms with van der Waals surface area (Å²) in [6.07, 6.45) is 6.90. The Morgan fingerprint density at radius 3 is 2.55 bits per heavy atom. The van der Waals surface area contributed by atoms with Crippen molar-refractivity contribution >= 4 is 23.2 Å². The Kier molecular flexibility index (Phi) is 6.20. The van der Waals surface area contributed by atoms with Crippen molar-refractivity contribution in [3.05, 3.63) is 33.8 Å². The fourth-order valence-electron chi connectivity index (χ4n) is 3.08. The highest BCUT2D eigenvalue weighted by atomic mass is 35.5. The average molecular weight is 314 g/mol. The third-order valence-electron chi connectivity index (χ3n) is 4.57. The zero-order valence-electron chi connectivity index (χ0n) is 12.5. The molecule has 0 amide bonds. The fraction of sp³-hybridized carbons (Fsp3) is 0.647. The second kappa shape index (κ2) is 7.68. The van der Waals surface area contributed by atoms with Crippen molar-refractivity contribution in [2.45, 2.75) is 52.0 Å². The number of hydrogen-bond donors (Lipinski definition) is 1. The minimum absolute atomic E-state index is 0.280. The molecule has 1 N–H and O–H groups in total. The summed E-state index contributed by atoms with van der Waals surface area (Å²) in [7, 11) is 0. The molecule has 2 rings (SSSR count). The highest BCUT2D eigenvalue weighted by Crippen LogP contribution is 2.30. The summed E-state index contributed by atoms with van der Waals surface area (Å²) in [5.74, 6) is 1.84. The Morgan fingerprint density at radius 1 is 1.20 bits per heavy atom. The van der Waals surface area contributed by atoms with Gasteiger partial charge in [-0.2, -0.15) is 0 Å². The number of nitrogens with one attached hydrogen (secondary N) is 1. The van der Waals surface area contributed by atoms with Gasteiger partial charge >= 0.3 is 0 Å². The van der Waals surface area contributed by atoms with E-state index in [1.165, 1.54) is 32.1 Å². The highest BCUT2D eigenvalue weighted by Gasteiger charge is 2.18. The highest BCUT2D eigenvalue weighted by molar-refractivity contribution is 6.35. The molecule has 20 heavy (non-hydrogen) atoms. The van der Waals surface area contributed by atoms with Crippen molar-refractivity contribution < 1.29 is 0 Å². The zero-order chi connectivity index (χ0) is 14.5. The molecular weight excluding hydrogens is 289 g/mol. The van der Waals surface area contributed by atoms with E-state index in [9.17, 15) is 0 Å². The summed E-state index contributed by atoms with van der Waals surface area (Å²) in [5, 5.41) is 5.04. The molecule has 0 bridgehead atoms. The van der Waals surface area contributed by atoms with Crippen molar-refractivity contribution in [2.24, 2.45) is 11.8 Å². The quantitative estimate of drug-likeness (QED) is 0.717. The van der Waals surface area contributed by atoms with Gasteiger partial charge in [-0.25, -0.2) is 0 Å². The molecule has 1 saturated carbocycles. The zero-order valence-corrected chi connectivity index (χ0v) is 14.0. The predicted molar refractivity (Wildman–Crippen MR) is 88.6 cm³/mol. The predicted octanol–water partition coefficient (Wildman–Crippen LogP) is 5.86. The van der Waals surface area contributed by atoms with Crippen molar-refractivity contribution in [1.29, 1.82) is 0 Å². The number of hydrogen-bond acceptors (Lipinski definition) is 1. The molecule has 1 fully saturated rings. The van der Waals surface area contributed by atoms with Crippen molar-refractivity contribution in [2.75, 3.05) is 6.54 Å². The maximum atomic E-state index is 6.24. The lowest BCUT2D eigenvalue weighted by Crippen LogP contribution is -2.23. The second-order valence-corrected chi connectivity index (χ2v) is 7.10. The molecule has 0 saturated heterocycles. The van der Waals surface area contributed by atoms with Gasteiger partial charge in [0.1, 0.15) is 0 Å². The monoisotopic (exact) mass is 313 g/mol. The molecule has 1 aliphatic carbocycles. The second-order valence-electron chi connectivity index (χ2n) is 6.26. The van der Waals surface area contributed by atoms with Gasteiger partial charge in [-0.05, 0) is 49.4 Å². The first-order chi connectivity index (χ1) is 9.56. The average Bonchev–Trinajstić information content (AvgIpc) is 2.41. The van der Waals surface area contributed by atoms with Gasteiger partial charge in [0, 0.05) is 16.1 Å². The van der Waals surface area contributed by atoms with Crippen molar-refractivity contribution in [3.8, 4) is 0 Å². The van der Waals surface area contributed by atoms with E-state index in [1.54, 1.807) is 0 Å². The molecule has 1 aromatic carbocycles. The van der Waals surface area contributed by atoms with Crippen LogP contribution in [0, 0.1) is 11.8 Å². The largest absolute Gasteiger partial charge is 0.310 e. The lowest BCUT2D eigenvalue weighted by atomic mass is 9.81. The van der Waals surface area contributed by atoms with E-state index in [-0.39, 0.29) is 6.04 Å². The Balaban J connectivity index is 1.76. The van der Waals surface area contributed by atoms with Crippen molar-refractivity contribution in [1.82, 2.24) is 5.32 Å². The first kappa shape index (κ1) is 16.1. The van der Waals surface area contributed by atoms with E-state index < -0.39 is 0 Å². The molecular formula is C17H25Cl2N. The van der Waals surface area contributed by atoms with Gasteiger partial charge in [0.05, 0.1) is 0 Å². The van der Waals surface area contributed by atoms with Crippen LogP contribution in [-0.4, -0.2) is 6.54 Å². The van der Waals surface area contributed by atoms with Crippen LogP contribution in [0.15, 0.2) is 18.2 Å². The number of benzene rings is 1. The molecule has 3 heteroatoms. The van der Waals surface area contributed by atoms with Gasteiger partial charge in [0.2, 0.25) is 0 Å². The Labute approximate surface area is 133 Å². The Hall–Kier alpha value is -0.240. The lowest BCUT2D eigenvalue weighted by Gasteiger charge is -2.26. The van der Waals surface area contributed by atoms with Gasteiger partial charge in [0.15, 0.2) is 0 Å². The molecule has 1 aromatic rings. The van der Waals surface area contributed by atoms with Crippen LogP contribution < -0.4 is 5.32 Å². The van der Waals surface area contributed by atoms with E-state index >= 15 is 0 Å². The third kappa shape index (κ3) is 4.65. The van der Waals surface area contributed by atoms with Crippen LogP contribution in [0.25, 0.3) is 0 Å². The third-order valence-corrected chi connectivity index (χ3v) is 5.13. The van der Waals surface area contributed by atoms with Crippen LogP contribution >= 0.6 is 23.2 Å². The van der Waals surface area contributed by atoms with Crippen LogP contribution in [0.1, 0.15) is 57.6 Å². The molecule has 0 radical (unpaired) electrons. The summed E-state index contributed by atoms with van der Waals surface area (Å²) < 4.78 is 0. The van der Waals surface area contributed by atoms with E-state index in [2.05, 4.69) is 19.2 Å².